The molecule has 0 aliphatic heterocycles. The number of sulfone groups is 1. The maximum absolute atomic E-state index is 11.8. The van der Waals surface area contributed by atoms with Crippen molar-refractivity contribution in [2.24, 2.45) is 0 Å². The first-order chi connectivity index (χ1) is 8.23. The highest BCUT2D eigenvalue weighted by Gasteiger charge is 2.21. The van der Waals surface area contributed by atoms with Crippen LogP contribution in [-0.4, -0.2) is 37.7 Å². The molecule has 7 heteroatoms. The molecule has 0 radical (unpaired) electrons. The molecular weight excluding hydrogens is 258 g/mol. The smallest absolute Gasteiger partial charge is 0.325 e. The zero-order chi connectivity index (χ0) is 13.9. The van der Waals surface area contributed by atoms with Crippen LogP contribution in [-0.2, 0) is 14.6 Å². The number of carbonyl (C=O) groups is 2. The summed E-state index contributed by atoms with van der Waals surface area (Å²) in [6.45, 7) is 1.29. The highest BCUT2D eigenvalue weighted by atomic mass is 32.2. The number of hydrogen-bond acceptors (Lipinski definition) is 4. The van der Waals surface area contributed by atoms with Crippen LogP contribution in [0.4, 0.5) is 0 Å². The van der Waals surface area contributed by atoms with Gasteiger partial charge in [0.15, 0.2) is 9.84 Å². The molecule has 1 aromatic rings. The van der Waals surface area contributed by atoms with Crippen LogP contribution in [0.3, 0.4) is 0 Å². The lowest BCUT2D eigenvalue weighted by Gasteiger charge is -2.11. The first-order valence-electron chi connectivity index (χ1n) is 5.06. The summed E-state index contributed by atoms with van der Waals surface area (Å²) in [6, 6.07) is 4.55. The molecule has 0 aliphatic carbocycles. The fourth-order valence-electron chi connectivity index (χ4n) is 1.31. The van der Waals surface area contributed by atoms with Crippen LogP contribution in [0, 0.1) is 0 Å². The predicted molar refractivity (Wildman–Crippen MR) is 64.1 cm³/mol. The third-order valence-electron chi connectivity index (χ3n) is 2.25. The number of aliphatic carboxylic acids is 1. The van der Waals surface area contributed by atoms with Crippen molar-refractivity contribution in [2.75, 3.05) is 6.26 Å². The average molecular weight is 271 g/mol. The third-order valence-corrected chi connectivity index (χ3v) is 3.40. The standard InChI is InChI=1S/C11H13NO5S/c1-7(11(14)15)12-10(13)8-5-3-4-6-9(8)18(2,16)17/h3-7H,1-2H3,(H,12,13)(H,14,15). The lowest BCUT2D eigenvalue weighted by molar-refractivity contribution is -0.138. The zero-order valence-electron chi connectivity index (χ0n) is 9.88. The summed E-state index contributed by atoms with van der Waals surface area (Å²) in [4.78, 5) is 22.3. The predicted octanol–water partition coefficient (Wildman–Crippen LogP) is 0.293. The molecule has 0 fully saturated rings. The molecule has 0 spiro atoms. The first-order valence-corrected chi connectivity index (χ1v) is 6.95. The van der Waals surface area contributed by atoms with Gasteiger partial charge in [0.05, 0.1) is 10.5 Å². The molecule has 0 saturated carbocycles. The molecule has 1 atom stereocenters. The quantitative estimate of drug-likeness (QED) is 0.820. The van der Waals surface area contributed by atoms with E-state index in [1.165, 1.54) is 31.2 Å². The van der Waals surface area contributed by atoms with Crippen molar-refractivity contribution in [1.29, 1.82) is 0 Å². The Kier molecular flexibility index (Phi) is 4.07. The van der Waals surface area contributed by atoms with E-state index >= 15 is 0 Å². The summed E-state index contributed by atoms with van der Waals surface area (Å²) in [6.07, 6.45) is 0.986. The van der Waals surface area contributed by atoms with Crippen molar-refractivity contribution < 1.29 is 23.1 Å². The van der Waals surface area contributed by atoms with Gasteiger partial charge in [-0.15, -0.1) is 0 Å². The van der Waals surface area contributed by atoms with Gasteiger partial charge in [0.1, 0.15) is 6.04 Å². The fourth-order valence-corrected chi connectivity index (χ4v) is 2.20. The Morgan fingerprint density at radius 1 is 1.28 bits per heavy atom. The van der Waals surface area contributed by atoms with Gasteiger partial charge in [-0.3, -0.25) is 9.59 Å². The second-order valence-corrected chi connectivity index (χ2v) is 5.79. The second kappa shape index (κ2) is 5.18. The Labute approximate surface area is 105 Å². The van der Waals surface area contributed by atoms with Crippen LogP contribution >= 0.6 is 0 Å². The molecule has 1 amide bonds. The number of hydrogen-bond donors (Lipinski definition) is 2. The first kappa shape index (κ1) is 14.2. The second-order valence-electron chi connectivity index (χ2n) is 3.80. The largest absolute Gasteiger partial charge is 0.480 e. The third kappa shape index (κ3) is 3.30. The maximum Gasteiger partial charge on any atom is 0.325 e. The number of benzene rings is 1. The Morgan fingerprint density at radius 2 is 1.83 bits per heavy atom. The number of rotatable bonds is 4. The van der Waals surface area contributed by atoms with Gasteiger partial charge in [0, 0.05) is 6.26 Å². The fraction of sp³-hybridized carbons (Fsp3) is 0.273. The van der Waals surface area contributed by atoms with Gasteiger partial charge in [-0.2, -0.15) is 0 Å². The molecule has 1 rings (SSSR count). The molecule has 0 bridgehead atoms. The minimum absolute atomic E-state index is 0.0619. The Balaban J connectivity index is 3.11. The molecular formula is C11H13NO5S. The van der Waals surface area contributed by atoms with Gasteiger partial charge in [-0.25, -0.2) is 8.42 Å². The van der Waals surface area contributed by atoms with Gasteiger partial charge >= 0.3 is 5.97 Å². The van der Waals surface area contributed by atoms with Crippen LogP contribution in [0.5, 0.6) is 0 Å². The van der Waals surface area contributed by atoms with Crippen molar-refractivity contribution in [3.63, 3.8) is 0 Å². The molecule has 2 N–H and O–H groups in total. The number of carboxylic acid groups (broad SMARTS) is 1. The van der Waals surface area contributed by atoms with E-state index in [0.717, 1.165) is 6.26 Å². The highest BCUT2D eigenvalue weighted by molar-refractivity contribution is 7.90. The molecule has 1 unspecified atom stereocenters. The zero-order valence-corrected chi connectivity index (χ0v) is 10.7. The molecule has 0 heterocycles. The molecule has 18 heavy (non-hydrogen) atoms. The molecule has 0 aliphatic rings. The van der Waals surface area contributed by atoms with E-state index in [2.05, 4.69) is 5.32 Å². The number of carboxylic acids is 1. The number of amides is 1. The molecule has 0 saturated heterocycles. The van der Waals surface area contributed by atoms with Crippen LogP contribution < -0.4 is 5.32 Å². The monoisotopic (exact) mass is 271 g/mol. The number of carbonyl (C=O) groups excluding carboxylic acids is 1. The van der Waals surface area contributed by atoms with Crippen LogP contribution in [0.1, 0.15) is 17.3 Å². The SMILES string of the molecule is CC(NC(=O)c1ccccc1S(C)(=O)=O)C(=O)O. The van der Waals surface area contributed by atoms with E-state index in [1.54, 1.807) is 0 Å². The summed E-state index contributed by atoms with van der Waals surface area (Å²) >= 11 is 0. The summed E-state index contributed by atoms with van der Waals surface area (Å²) in [5.74, 6) is -1.92. The lowest BCUT2D eigenvalue weighted by Crippen LogP contribution is -2.38. The molecule has 0 aromatic heterocycles. The minimum atomic E-state index is -3.54. The van der Waals surface area contributed by atoms with Gasteiger partial charge in [-0.05, 0) is 19.1 Å². The van der Waals surface area contributed by atoms with Crippen molar-refractivity contribution in [1.82, 2.24) is 5.32 Å². The van der Waals surface area contributed by atoms with Crippen LogP contribution in [0.25, 0.3) is 0 Å². The van der Waals surface area contributed by atoms with Crippen molar-refractivity contribution >= 4 is 21.7 Å². The summed E-state index contributed by atoms with van der Waals surface area (Å²) in [5, 5.41) is 10.9. The van der Waals surface area contributed by atoms with E-state index in [0.29, 0.717) is 0 Å². The summed E-state index contributed by atoms with van der Waals surface area (Å²) in [7, 11) is -3.54. The van der Waals surface area contributed by atoms with Crippen molar-refractivity contribution in [3.05, 3.63) is 29.8 Å². The summed E-state index contributed by atoms with van der Waals surface area (Å²) in [5.41, 5.74) is -0.0619. The average Bonchev–Trinajstić information content (AvgIpc) is 2.27. The van der Waals surface area contributed by atoms with Gasteiger partial charge < -0.3 is 10.4 Å². The maximum atomic E-state index is 11.8. The highest BCUT2D eigenvalue weighted by Crippen LogP contribution is 2.15. The number of nitrogens with one attached hydrogen (secondary N) is 1. The Hall–Kier alpha value is -1.89. The van der Waals surface area contributed by atoms with E-state index in [1.807, 2.05) is 0 Å². The summed E-state index contributed by atoms with van der Waals surface area (Å²) < 4.78 is 23.0. The van der Waals surface area contributed by atoms with Gasteiger partial charge in [0.25, 0.3) is 5.91 Å². The van der Waals surface area contributed by atoms with Gasteiger partial charge in [0.2, 0.25) is 0 Å². The van der Waals surface area contributed by atoms with Crippen molar-refractivity contribution in [3.8, 4) is 0 Å². The van der Waals surface area contributed by atoms with Crippen molar-refractivity contribution in [2.45, 2.75) is 17.9 Å². The molecule has 98 valence electrons. The topological polar surface area (TPSA) is 101 Å². The van der Waals surface area contributed by atoms with Crippen LogP contribution in [0.15, 0.2) is 29.2 Å². The normalized spacial score (nSPS) is 12.8. The van der Waals surface area contributed by atoms with E-state index in [-0.39, 0.29) is 10.5 Å². The van der Waals surface area contributed by atoms with Gasteiger partial charge in [-0.1, -0.05) is 12.1 Å². The molecule has 6 nitrogen and oxygen atoms in total. The Bertz CT molecular complexity index is 579. The van der Waals surface area contributed by atoms with E-state index in [4.69, 9.17) is 5.11 Å². The van der Waals surface area contributed by atoms with E-state index < -0.39 is 27.8 Å². The lowest BCUT2D eigenvalue weighted by atomic mass is 10.2. The Morgan fingerprint density at radius 3 is 2.33 bits per heavy atom. The van der Waals surface area contributed by atoms with Crippen LogP contribution in [0.2, 0.25) is 0 Å². The molecule has 1 aromatic carbocycles. The minimum Gasteiger partial charge on any atom is -0.480 e. The van der Waals surface area contributed by atoms with E-state index in [9.17, 15) is 18.0 Å².